The van der Waals surface area contributed by atoms with Gasteiger partial charge in [0.05, 0.1) is 6.42 Å². The maximum absolute atomic E-state index is 14.0. The Kier molecular flexibility index (Phi) is 11.6. The molecule has 0 radical (unpaired) electrons. The summed E-state index contributed by atoms with van der Waals surface area (Å²) in [4.78, 5) is 63.3. The molecule has 2 rings (SSSR count). The molecule has 2 aromatic carbocycles. The lowest BCUT2D eigenvalue weighted by Gasteiger charge is -2.24. The molecule has 0 fully saturated rings. The maximum atomic E-state index is 14.0. The van der Waals surface area contributed by atoms with Gasteiger partial charge in [-0.3, -0.25) is 24.0 Å². The zero-order valence-corrected chi connectivity index (χ0v) is 25.3. The van der Waals surface area contributed by atoms with E-state index in [1.807, 2.05) is 20.8 Å². The lowest BCUT2D eigenvalue weighted by molar-refractivity contribution is -0.156. The Morgan fingerprint density at radius 2 is 1.41 bits per heavy atom. The molecular formula is C30H35F4N3O7. The SMILES string of the molecule is C[C@H](NC(=O)C(=O)Nc1ccccc1C(C)(C)C)C(=O)N[C@@H](CC(=O)OC(C)(C)C)C(=O)COc1c(F)c(F)cc(F)c1F. The van der Waals surface area contributed by atoms with E-state index in [-0.39, 0.29) is 11.5 Å². The molecule has 0 aromatic heterocycles. The van der Waals surface area contributed by atoms with Crippen molar-refractivity contribution in [1.29, 1.82) is 0 Å². The van der Waals surface area contributed by atoms with E-state index in [9.17, 15) is 41.5 Å². The average Bonchev–Trinajstić information content (AvgIpc) is 2.89. The molecule has 14 heteroatoms. The number of halogens is 4. The highest BCUT2D eigenvalue weighted by molar-refractivity contribution is 6.40. The third kappa shape index (κ3) is 10.1. The Hall–Kier alpha value is -4.49. The number of benzene rings is 2. The minimum atomic E-state index is -1.90. The van der Waals surface area contributed by atoms with Crippen LogP contribution in [0.5, 0.6) is 5.75 Å². The van der Waals surface area contributed by atoms with Crippen LogP contribution in [-0.2, 0) is 34.1 Å². The normalized spacial score (nSPS) is 12.9. The number of carbonyl (C=O) groups excluding carboxylic acids is 5. The summed E-state index contributed by atoms with van der Waals surface area (Å²) in [6.45, 7) is 10.3. The van der Waals surface area contributed by atoms with Crippen LogP contribution in [0, 0.1) is 23.3 Å². The lowest BCUT2D eigenvalue weighted by Crippen LogP contribution is -2.53. The molecule has 0 bridgehead atoms. The molecule has 2 aromatic rings. The highest BCUT2D eigenvalue weighted by Crippen LogP contribution is 2.29. The number of hydrogen-bond donors (Lipinski definition) is 3. The highest BCUT2D eigenvalue weighted by atomic mass is 19.2. The second-order valence-corrected chi connectivity index (χ2v) is 11.8. The van der Waals surface area contributed by atoms with Gasteiger partial charge in [0, 0.05) is 11.8 Å². The van der Waals surface area contributed by atoms with Crippen LogP contribution in [-0.4, -0.2) is 53.8 Å². The van der Waals surface area contributed by atoms with Crippen molar-refractivity contribution in [1.82, 2.24) is 10.6 Å². The van der Waals surface area contributed by atoms with Gasteiger partial charge in [0.15, 0.2) is 23.2 Å². The van der Waals surface area contributed by atoms with Crippen LogP contribution < -0.4 is 20.7 Å². The number of ether oxygens (including phenoxy) is 2. The second-order valence-electron chi connectivity index (χ2n) is 11.8. The summed E-state index contributed by atoms with van der Waals surface area (Å²) >= 11 is 0. The minimum absolute atomic E-state index is 0.0514. The van der Waals surface area contributed by atoms with Crippen LogP contribution in [0.2, 0.25) is 0 Å². The molecule has 0 aliphatic carbocycles. The quantitative estimate of drug-likeness (QED) is 0.158. The van der Waals surface area contributed by atoms with Crippen molar-refractivity contribution in [2.45, 2.75) is 78.0 Å². The number of Topliss-reactive ketones (excluding diaryl/α,β-unsaturated/α-hetero) is 1. The van der Waals surface area contributed by atoms with Crippen molar-refractivity contribution in [3.05, 3.63) is 59.2 Å². The summed E-state index contributed by atoms with van der Waals surface area (Å²) in [5.74, 6) is -14.3. The van der Waals surface area contributed by atoms with Gasteiger partial charge in [-0.05, 0) is 44.7 Å². The zero-order valence-electron chi connectivity index (χ0n) is 25.3. The Morgan fingerprint density at radius 3 is 1.95 bits per heavy atom. The summed E-state index contributed by atoms with van der Waals surface area (Å²) < 4.78 is 64.8. The van der Waals surface area contributed by atoms with Crippen LogP contribution in [0.25, 0.3) is 0 Å². The zero-order chi connectivity index (χ0) is 33.6. The van der Waals surface area contributed by atoms with E-state index in [4.69, 9.17) is 4.74 Å². The monoisotopic (exact) mass is 625 g/mol. The molecule has 0 heterocycles. The van der Waals surface area contributed by atoms with Gasteiger partial charge in [-0.1, -0.05) is 39.0 Å². The van der Waals surface area contributed by atoms with E-state index in [2.05, 4.69) is 20.7 Å². The number of nitrogens with one attached hydrogen (secondary N) is 3. The first-order valence-electron chi connectivity index (χ1n) is 13.4. The van der Waals surface area contributed by atoms with Crippen molar-refractivity contribution in [3.8, 4) is 5.75 Å². The van der Waals surface area contributed by atoms with Gasteiger partial charge < -0.3 is 25.4 Å². The molecule has 0 spiro atoms. The van der Waals surface area contributed by atoms with E-state index in [1.165, 1.54) is 27.7 Å². The van der Waals surface area contributed by atoms with Crippen LogP contribution >= 0.6 is 0 Å². The van der Waals surface area contributed by atoms with Crippen molar-refractivity contribution >= 4 is 35.2 Å². The first kappa shape index (κ1) is 35.7. The van der Waals surface area contributed by atoms with Crippen LogP contribution in [0.1, 0.15) is 60.5 Å². The molecule has 44 heavy (non-hydrogen) atoms. The third-order valence-corrected chi connectivity index (χ3v) is 5.86. The first-order chi connectivity index (χ1) is 20.2. The van der Waals surface area contributed by atoms with Gasteiger partial charge in [-0.2, -0.15) is 8.78 Å². The number of carbonyl (C=O) groups is 5. The minimum Gasteiger partial charge on any atom is -0.479 e. The molecule has 0 unspecified atom stereocenters. The second kappa shape index (κ2) is 14.3. The van der Waals surface area contributed by atoms with Crippen molar-refractivity contribution in [2.75, 3.05) is 11.9 Å². The van der Waals surface area contributed by atoms with Gasteiger partial charge in [-0.15, -0.1) is 0 Å². The molecule has 240 valence electrons. The molecule has 0 saturated heterocycles. The Morgan fingerprint density at radius 1 is 0.841 bits per heavy atom. The predicted molar refractivity (Wildman–Crippen MR) is 151 cm³/mol. The van der Waals surface area contributed by atoms with E-state index >= 15 is 0 Å². The van der Waals surface area contributed by atoms with Gasteiger partial charge in [0.2, 0.25) is 17.5 Å². The number of para-hydroxylation sites is 1. The fourth-order valence-electron chi connectivity index (χ4n) is 3.77. The van der Waals surface area contributed by atoms with Crippen molar-refractivity contribution in [3.63, 3.8) is 0 Å². The van der Waals surface area contributed by atoms with Crippen LogP contribution in [0.4, 0.5) is 23.2 Å². The van der Waals surface area contributed by atoms with Gasteiger partial charge in [-0.25, -0.2) is 8.78 Å². The number of esters is 1. The van der Waals surface area contributed by atoms with Gasteiger partial charge in [0.1, 0.15) is 24.3 Å². The van der Waals surface area contributed by atoms with Gasteiger partial charge >= 0.3 is 17.8 Å². The Labute approximate surface area is 251 Å². The topological polar surface area (TPSA) is 140 Å². The predicted octanol–water partition coefficient (Wildman–Crippen LogP) is 3.85. The summed E-state index contributed by atoms with van der Waals surface area (Å²) in [7, 11) is 0. The molecule has 0 saturated carbocycles. The first-order valence-corrected chi connectivity index (χ1v) is 13.4. The average molecular weight is 626 g/mol. The van der Waals surface area contributed by atoms with E-state index in [1.54, 1.807) is 24.3 Å². The number of hydrogen-bond acceptors (Lipinski definition) is 7. The number of amides is 3. The lowest BCUT2D eigenvalue weighted by atomic mass is 9.86. The molecule has 10 nitrogen and oxygen atoms in total. The molecule has 3 amide bonds. The number of rotatable bonds is 10. The van der Waals surface area contributed by atoms with E-state index < -0.39 is 89.2 Å². The van der Waals surface area contributed by atoms with Crippen molar-refractivity contribution < 1.29 is 51.0 Å². The summed E-state index contributed by atoms with van der Waals surface area (Å²) in [6.07, 6.45) is -0.779. The molecule has 2 atom stereocenters. The molecule has 0 aliphatic heterocycles. The summed E-state index contributed by atoms with van der Waals surface area (Å²) in [5, 5.41) is 6.86. The van der Waals surface area contributed by atoms with Crippen molar-refractivity contribution in [2.24, 2.45) is 0 Å². The standard InChI is InChI=1S/C30H35F4N3O7/c1-15(35-27(41)28(42)36-19-11-9-8-10-16(19)29(2,3)4)26(40)37-20(13-22(39)44-30(5,6)7)21(38)14-43-25-23(33)17(31)12-18(32)24(25)34/h8-12,15,20H,13-14H2,1-7H3,(H,35,41)(H,36,42)(H,37,40)/t15-,20-/m0/s1. The van der Waals surface area contributed by atoms with Crippen LogP contribution in [0.15, 0.2) is 30.3 Å². The molecule has 0 aliphatic rings. The summed E-state index contributed by atoms with van der Waals surface area (Å²) in [5.41, 5.74) is -0.228. The number of anilines is 1. The van der Waals surface area contributed by atoms with Gasteiger partial charge in [0.25, 0.3) is 0 Å². The Balaban J connectivity index is 2.16. The molecule has 3 N–H and O–H groups in total. The largest absolute Gasteiger partial charge is 0.479 e. The molecular weight excluding hydrogens is 590 g/mol. The fraction of sp³-hybridized carbons (Fsp3) is 0.433. The maximum Gasteiger partial charge on any atom is 0.313 e. The highest BCUT2D eigenvalue weighted by Gasteiger charge is 2.31. The van der Waals surface area contributed by atoms with E-state index in [0.29, 0.717) is 5.69 Å². The Bertz CT molecular complexity index is 1410. The van der Waals surface area contributed by atoms with E-state index in [0.717, 1.165) is 5.56 Å². The van der Waals surface area contributed by atoms with Crippen LogP contribution in [0.3, 0.4) is 0 Å². The third-order valence-electron chi connectivity index (χ3n) is 5.86. The fourth-order valence-corrected chi connectivity index (χ4v) is 3.77. The summed E-state index contributed by atoms with van der Waals surface area (Å²) in [6, 6.07) is 3.62. The smallest absolute Gasteiger partial charge is 0.313 e. The number of ketones is 1.